The van der Waals surface area contributed by atoms with E-state index >= 15 is 0 Å². The fourth-order valence-electron chi connectivity index (χ4n) is 6.84. The predicted octanol–water partition coefficient (Wildman–Crippen LogP) is -0.943. The highest BCUT2D eigenvalue weighted by molar-refractivity contribution is 8.00. The molecule has 0 saturated carbocycles. The molecule has 1 aromatic carbocycles. The summed E-state index contributed by atoms with van der Waals surface area (Å²) in [5.74, 6) is -1.74. The van der Waals surface area contributed by atoms with Gasteiger partial charge in [0.15, 0.2) is 0 Å². The highest BCUT2D eigenvalue weighted by Crippen LogP contribution is 2.33. The second-order valence-corrected chi connectivity index (χ2v) is 15.0. The van der Waals surface area contributed by atoms with E-state index in [2.05, 4.69) is 21.3 Å². The van der Waals surface area contributed by atoms with E-state index in [1.807, 2.05) is 23.9 Å². The molecule has 0 bridgehead atoms. The van der Waals surface area contributed by atoms with Gasteiger partial charge >= 0.3 is 18.0 Å². The number of unbranched alkanes of at least 4 members (excludes halogenated alkanes) is 1. The number of carboxylic acid groups (broad SMARTS) is 2. The third-order valence-electron chi connectivity index (χ3n) is 9.80. The van der Waals surface area contributed by atoms with Crippen LogP contribution in [0.5, 0.6) is 0 Å². The van der Waals surface area contributed by atoms with E-state index < -0.39 is 24.0 Å². The summed E-state index contributed by atoms with van der Waals surface area (Å²) in [6.07, 6.45) is 3.10. The molecule has 18 heteroatoms. The van der Waals surface area contributed by atoms with E-state index in [-0.39, 0.29) is 63.0 Å². The van der Waals surface area contributed by atoms with Crippen LogP contribution in [-0.4, -0.2) is 177 Å². The van der Waals surface area contributed by atoms with Crippen molar-refractivity contribution in [2.45, 2.75) is 68.4 Å². The molecule has 3 aliphatic rings. The van der Waals surface area contributed by atoms with Crippen LogP contribution in [0.25, 0.3) is 0 Å². The van der Waals surface area contributed by atoms with Crippen molar-refractivity contribution in [3.63, 3.8) is 0 Å². The Morgan fingerprint density at radius 3 is 2.15 bits per heavy atom. The topological polar surface area (TPSA) is 227 Å². The van der Waals surface area contributed by atoms with Gasteiger partial charge in [0, 0.05) is 75.0 Å². The van der Waals surface area contributed by atoms with Gasteiger partial charge in [-0.05, 0) is 43.9 Å². The van der Waals surface area contributed by atoms with E-state index in [0.29, 0.717) is 69.5 Å². The number of anilines is 1. The molecule has 3 aliphatic heterocycles. The number of aliphatic carboxylic acids is 2. The van der Waals surface area contributed by atoms with Crippen molar-refractivity contribution in [1.82, 2.24) is 35.6 Å². The molecule has 4 rings (SSSR count). The molecule has 0 aliphatic carbocycles. The Hall–Kier alpha value is -3.52. The van der Waals surface area contributed by atoms with Crippen LogP contribution in [0.3, 0.4) is 0 Å². The molecule has 17 nitrogen and oxygen atoms in total. The normalized spacial score (nSPS) is 24.5. The fourth-order valence-corrected chi connectivity index (χ4v) is 8.38. The second kappa shape index (κ2) is 20.6. The molecule has 52 heavy (non-hydrogen) atoms. The lowest BCUT2D eigenvalue weighted by atomic mass is 10.0. The van der Waals surface area contributed by atoms with Crippen LogP contribution in [0.4, 0.5) is 10.5 Å². The quantitative estimate of drug-likeness (QED) is 0.0754. The highest BCUT2D eigenvalue weighted by Gasteiger charge is 2.42. The summed E-state index contributed by atoms with van der Waals surface area (Å²) in [5.41, 5.74) is 1.36. The number of carbonyl (C=O) groups is 5. The van der Waals surface area contributed by atoms with Gasteiger partial charge in [-0.3, -0.25) is 38.8 Å². The van der Waals surface area contributed by atoms with Gasteiger partial charge in [0.2, 0.25) is 11.8 Å². The monoisotopic (exact) mass is 750 g/mol. The van der Waals surface area contributed by atoms with Crippen LogP contribution in [0.15, 0.2) is 24.3 Å². The number of benzene rings is 1. The molecule has 3 fully saturated rings. The summed E-state index contributed by atoms with van der Waals surface area (Å²) in [7, 11) is 0. The number of fused-ring (bicyclic) bond motifs is 1. The third kappa shape index (κ3) is 13.2. The van der Waals surface area contributed by atoms with Gasteiger partial charge in [-0.25, -0.2) is 4.79 Å². The summed E-state index contributed by atoms with van der Waals surface area (Å²) in [6.45, 7) is 3.21. The van der Waals surface area contributed by atoms with Gasteiger partial charge in [-0.1, -0.05) is 18.6 Å². The Morgan fingerprint density at radius 2 is 1.52 bits per heavy atom. The van der Waals surface area contributed by atoms with E-state index in [1.165, 1.54) is 0 Å². The van der Waals surface area contributed by atoms with E-state index in [0.717, 1.165) is 24.2 Å². The molecule has 0 aromatic heterocycles. The molecule has 4 amide bonds. The molecule has 3 saturated heterocycles. The third-order valence-corrected chi connectivity index (χ3v) is 11.3. The van der Waals surface area contributed by atoms with E-state index in [9.17, 15) is 44.4 Å². The number of hydrogen-bond donors (Lipinski definition) is 8. The van der Waals surface area contributed by atoms with Crippen LogP contribution in [-0.2, 0) is 25.6 Å². The van der Waals surface area contributed by atoms with Gasteiger partial charge in [0.25, 0.3) is 0 Å². The summed E-state index contributed by atoms with van der Waals surface area (Å²) in [4.78, 5) is 67.8. The van der Waals surface area contributed by atoms with Crippen molar-refractivity contribution in [2.75, 3.05) is 83.4 Å². The lowest BCUT2D eigenvalue weighted by Gasteiger charge is -2.37. The van der Waals surface area contributed by atoms with Crippen LogP contribution in [0, 0.1) is 0 Å². The van der Waals surface area contributed by atoms with Crippen molar-refractivity contribution in [3.8, 4) is 0 Å². The average molecular weight is 751 g/mol. The summed E-state index contributed by atoms with van der Waals surface area (Å²) in [6, 6.07) is 6.12. The molecule has 5 atom stereocenters. The molecule has 3 heterocycles. The first-order chi connectivity index (χ1) is 24.9. The Bertz CT molecular complexity index is 1360. The fraction of sp³-hybridized carbons (Fsp3) is 0.676. The first kappa shape index (κ1) is 41.2. The van der Waals surface area contributed by atoms with Gasteiger partial charge in [-0.15, -0.1) is 0 Å². The van der Waals surface area contributed by atoms with Crippen molar-refractivity contribution in [2.24, 2.45) is 0 Å². The molecule has 290 valence electrons. The lowest BCUT2D eigenvalue weighted by Crippen LogP contribution is -2.53. The number of aliphatic hydroxyl groups excluding tert-OH is 2. The van der Waals surface area contributed by atoms with Gasteiger partial charge in [0.1, 0.15) is 6.04 Å². The summed E-state index contributed by atoms with van der Waals surface area (Å²) >= 11 is 1.84. The van der Waals surface area contributed by atoms with Crippen LogP contribution in [0.2, 0.25) is 0 Å². The Balaban J connectivity index is 1.31. The largest absolute Gasteiger partial charge is 0.480 e. The highest BCUT2D eigenvalue weighted by atomic mass is 32.2. The number of nitrogens with zero attached hydrogens (tertiary/aromatic N) is 4. The Kier molecular flexibility index (Phi) is 16.4. The number of nitrogens with one attached hydrogen (secondary N) is 4. The first-order valence-electron chi connectivity index (χ1n) is 17.9. The van der Waals surface area contributed by atoms with Gasteiger partial charge < -0.3 is 41.7 Å². The maximum Gasteiger partial charge on any atom is 0.317 e. The number of carboxylic acids is 2. The first-order valence-corrected chi connectivity index (χ1v) is 18.9. The molecule has 1 aromatic rings. The van der Waals surface area contributed by atoms with Crippen LogP contribution < -0.4 is 21.3 Å². The zero-order valence-electron chi connectivity index (χ0n) is 29.7. The Labute approximate surface area is 308 Å². The maximum atomic E-state index is 12.9. The number of thioether (sulfide) groups is 1. The standard InChI is InChI=1S/C34H54N8O9S/c1-23(35-29(45)5-3-2-4-28-32-27(20-52-28)37-34(51)38-32)33(50)36-25-8-6-24(7-9-25)16-26-17-41(18-30(46)47)13-12-39(21-43)10-11-40(22-44)14-15-42(26)19-31(48)49/h6-9,23,26-28,32,43-44H,2-5,10-22H2,1H3,(H,35,45)(H,36,50)(H,46,47)(H,48,49)(H2,37,38,51). The summed E-state index contributed by atoms with van der Waals surface area (Å²) in [5, 5.41) is 50.9. The minimum atomic E-state index is -1.03. The number of amides is 4. The number of rotatable bonds is 16. The molecule has 5 unspecified atom stereocenters. The van der Waals surface area contributed by atoms with Crippen molar-refractivity contribution >= 4 is 47.2 Å². The van der Waals surface area contributed by atoms with Crippen molar-refractivity contribution in [3.05, 3.63) is 29.8 Å². The van der Waals surface area contributed by atoms with Gasteiger partial charge in [-0.2, -0.15) is 11.8 Å². The minimum Gasteiger partial charge on any atom is -0.480 e. The van der Waals surface area contributed by atoms with E-state index in [1.54, 1.807) is 38.7 Å². The van der Waals surface area contributed by atoms with Crippen LogP contribution >= 0.6 is 11.8 Å². The second-order valence-electron chi connectivity index (χ2n) is 13.7. The van der Waals surface area contributed by atoms with Crippen molar-refractivity contribution in [1.29, 1.82) is 0 Å². The molecule has 8 N–H and O–H groups in total. The maximum absolute atomic E-state index is 12.9. The van der Waals surface area contributed by atoms with Gasteiger partial charge in [0.05, 0.1) is 38.6 Å². The number of hydrogen-bond acceptors (Lipinski definition) is 12. The number of carbonyl (C=O) groups excluding carboxylic acids is 3. The lowest BCUT2D eigenvalue weighted by molar-refractivity contribution is -0.141. The van der Waals surface area contributed by atoms with E-state index in [4.69, 9.17) is 0 Å². The SMILES string of the molecule is CC(NC(=O)CCCCC1SCC2NC(=O)NC21)C(=O)Nc1ccc(CC2CN(CC(=O)O)CCN(CO)CCN(CO)CCN2CC(=O)O)cc1. The molecular weight excluding hydrogens is 696 g/mol. The predicted molar refractivity (Wildman–Crippen MR) is 195 cm³/mol. The summed E-state index contributed by atoms with van der Waals surface area (Å²) < 4.78 is 0. The molecule has 0 spiro atoms. The smallest absolute Gasteiger partial charge is 0.317 e. The number of urea groups is 1. The van der Waals surface area contributed by atoms with Crippen molar-refractivity contribution < 1.29 is 44.4 Å². The Morgan fingerprint density at radius 1 is 0.885 bits per heavy atom. The molecular formula is C34H54N8O9S. The molecule has 0 radical (unpaired) electrons. The minimum absolute atomic E-state index is 0.117. The van der Waals surface area contributed by atoms with Crippen LogP contribution in [0.1, 0.15) is 38.2 Å². The zero-order valence-corrected chi connectivity index (χ0v) is 30.6. The zero-order chi connectivity index (χ0) is 37.6. The number of aliphatic hydroxyl groups is 2. The average Bonchev–Trinajstić information content (AvgIpc) is 3.65.